The lowest BCUT2D eigenvalue weighted by Crippen LogP contribution is -2.34. The van der Waals surface area contributed by atoms with E-state index >= 15 is 0 Å². The molecule has 1 fully saturated rings. The summed E-state index contributed by atoms with van der Waals surface area (Å²) in [6, 6.07) is 8.92. The van der Waals surface area contributed by atoms with Gasteiger partial charge in [-0.2, -0.15) is 4.98 Å². The summed E-state index contributed by atoms with van der Waals surface area (Å²) in [6.45, 7) is 3.83. The van der Waals surface area contributed by atoms with Crippen LogP contribution >= 0.6 is 11.6 Å². The average molecular weight is 481 g/mol. The van der Waals surface area contributed by atoms with E-state index in [2.05, 4.69) is 30.9 Å². The molecule has 10 nitrogen and oxygen atoms in total. The number of pyridine rings is 1. The predicted molar refractivity (Wildman–Crippen MR) is 127 cm³/mol. The minimum absolute atomic E-state index is 0.0153. The molecule has 0 spiro atoms. The second-order valence-electron chi connectivity index (χ2n) is 8.38. The summed E-state index contributed by atoms with van der Waals surface area (Å²) in [5, 5.41) is 11.4. The summed E-state index contributed by atoms with van der Waals surface area (Å²) in [5.41, 5.74) is 1.97. The summed E-state index contributed by atoms with van der Waals surface area (Å²) in [4.78, 5) is 25.8. The van der Waals surface area contributed by atoms with Crippen LogP contribution in [0.2, 0.25) is 5.15 Å². The Morgan fingerprint density at radius 2 is 2.09 bits per heavy atom. The molecule has 0 radical (unpaired) electrons. The minimum Gasteiger partial charge on any atom is -0.449 e. The number of hydrogen-bond acceptors (Lipinski definition) is 9. The third-order valence-corrected chi connectivity index (χ3v) is 6.00. The SMILES string of the molecule is CC1CNc2c(oc3ccc4nc(Oc5cc(Cl)nc(NC6CCOC6)n5)ccc4c23)C(=O)N1. The van der Waals surface area contributed by atoms with E-state index in [-0.39, 0.29) is 34.8 Å². The third kappa shape index (κ3) is 3.84. The fraction of sp³-hybridized carbons (Fsp3) is 0.304. The van der Waals surface area contributed by atoms with Crippen molar-refractivity contribution in [3.05, 3.63) is 41.2 Å². The van der Waals surface area contributed by atoms with Crippen molar-refractivity contribution in [2.45, 2.75) is 25.4 Å². The van der Waals surface area contributed by atoms with Crippen molar-refractivity contribution in [3.63, 3.8) is 0 Å². The number of carbonyl (C=O) groups excluding carboxylic acids is 1. The highest BCUT2D eigenvalue weighted by atomic mass is 35.5. The molecule has 3 aromatic heterocycles. The first-order chi connectivity index (χ1) is 16.5. The molecule has 34 heavy (non-hydrogen) atoms. The summed E-state index contributed by atoms with van der Waals surface area (Å²) in [6.07, 6.45) is 0.875. The Morgan fingerprint density at radius 1 is 1.18 bits per heavy atom. The Bertz CT molecular complexity index is 1420. The maximum absolute atomic E-state index is 12.5. The largest absolute Gasteiger partial charge is 0.449 e. The zero-order valence-electron chi connectivity index (χ0n) is 18.2. The van der Waals surface area contributed by atoms with Gasteiger partial charge in [0.2, 0.25) is 23.5 Å². The summed E-state index contributed by atoms with van der Waals surface area (Å²) >= 11 is 6.18. The van der Waals surface area contributed by atoms with Gasteiger partial charge in [0.05, 0.1) is 29.2 Å². The molecule has 0 aliphatic carbocycles. The van der Waals surface area contributed by atoms with Crippen molar-refractivity contribution in [2.75, 3.05) is 30.4 Å². The summed E-state index contributed by atoms with van der Waals surface area (Å²) < 4.78 is 17.2. The predicted octanol–water partition coefficient (Wildman–Crippen LogP) is 3.96. The number of benzene rings is 1. The summed E-state index contributed by atoms with van der Waals surface area (Å²) in [5.74, 6) is 1.04. The van der Waals surface area contributed by atoms with Gasteiger partial charge in [-0.15, -0.1) is 0 Å². The van der Waals surface area contributed by atoms with Crippen LogP contribution in [0.1, 0.15) is 23.9 Å². The standard InChI is InChI=1S/C23H21ClN6O4/c1-11-9-25-20-19-13-2-5-17(28-14(13)3-4-15(19)33-21(20)22(31)26-11)34-18-8-16(24)29-23(30-18)27-12-6-7-32-10-12/h2-5,8,11-12,25H,6-7,9-10H2,1H3,(H,26,31)(H,27,29,30). The van der Waals surface area contributed by atoms with Crippen LogP contribution in [-0.4, -0.2) is 52.7 Å². The first-order valence-electron chi connectivity index (χ1n) is 11.0. The molecular formula is C23H21ClN6O4. The van der Waals surface area contributed by atoms with Crippen molar-refractivity contribution >= 4 is 51.0 Å². The number of amides is 1. The number of halogens is 1. The van der Waals surface area contributed by atoms with Crippen LogP contribution in [0.3, 0.4) is 0 Å². The number of rotatable bonds is 4. The number of fused-ring (bicyclic) bond motifs is 5. The van der Waals surface area contributed by atoms with Gasteiger partial charge < -0.3 is 29.8 Å². The van der Waals surface area contributed by atoms with E-state index in [1.165, 1.54) is 6.07 Å². The second-order valence-corrected chi connectivity index (χ2v) is 8.76. The Morgan fingerprint density at radius 3 is 2.94 bits per heavy atom. The van der Waals surface area contributed by atoms with Gasteiger partial charge in [0.25, 0.3) is 5.91 Å². The monoisotopic (exact) mass is 480 g/mol. The molecule has 0 bridgehead atoms. The lowest BCUT2D eigenvalue weighted by Gasteiger charge is -2.12. The Labute approximate surface area is 199 Å². The molecule has 2 atom stereocenters. The van der Waals surface area contributed by atoms with E-state index in [1.807, 2.05) is 19.1 Å². The van der Waals surface area contributed by atoms with Gasteiger partial charge in [0.15, 0.2) is 0 Å². The van der Waals surface area contributed by atoms with E-state index in [9.17, 15) is 4.79 Å². The van der Waals surface area contributed by atoms with Crippen LogP contribution in [0, 0.1) is 0 Å². The molecule has 1 amide bonds. The molecule has 5 heterocycles. The quantitative estimate of drug-likeness (QED) is 0.372. The number of nitrogens with one attached hydrogen (secondary N) is 3. The maximum Gasteiger partial charge on any atom is 0.289 e. The van der Waals surface area contributed by atoms with Crippen LogP contribution in [0.5, 0.6) is 11.8 Å². The molecule has 1 saturated heterocycles. The molecule has 2 unspecified atom stereocenters. The van der Waals surface area contributed by atoms with E-state index < -0.39 is 0 Å². The summed E-state index contributed by atoms with van der Waals surface area (Å²) in [7, 11) is 0. The van der Waals surface area contributed by atoms with Crippen molar-refractivity contribution in [3.8, 4) is 11.8 Å². The first-order valence-corrected chi connectivity index (χ1v) is 11.4. The Kier molecular flexibility index (Phi) is 5.11. The molecule has 6 rings (SSSR count). The van der Waals surface area contributed by atoms with Crippen LogP contribution in [0.25, 0.3) is 21.9 Å². The maximum atomic E-state index is 12.5. The van der Waals surface area contributed by atoms with Crippen molar-refractivity contribution in [1.29, 1.82) is 0 Å². The third-order valence-electron chi connectivity index (χ3n) is 5.81. The molecule has 1 aromatic carbocycles. The highest BCUT2D eigenvalue weighted by Crippen LogP contribution is 2.38. The number of furan rings is 1. The zero-order valence-corrected chi connectivity index (χ0v) is 19.0. The van der Waals surface area contributed by atoms with Gasteiger partial charge in [-0.1, -0.05) is 11.6 Å². The average Bonchev–Trinajstić information content (AvgIpc) is 3.42. The molecule has 174 valence electrons. The molecule has 0 saturated carbocycles. The number of aromatic nitrogens is 3. The number of ether oxygens (including phenoxy) is 2. The molecule has 2 aliphatic rings. The number of anilines is 2. The van der Waals surface area contributed by atoms with Crippen molar-refractivity contribution in [1.82, 2.24) is 20.3 Å². The fourth-order valence-electron chi connectivity index (χ4n) is 4.22. The number of carbonyl (C=O) groups is 1. The van der Waals surface area contributed by atoms with Gasteiger partial charge in [0, 0.05) is 36.7 Å². The smallest absolute Gasteiger partial charge is 0.289 e. The number of nitrogens with zero attached hydrogens (tertiary/aromatic N) is 3. The van der Waals surface area contributed by atoms with Crippen molar-refractivity contribution in [2.24, 2.45) is 0 Å². The van der Waals surface area contributed by atoms with E-state index in [0.717, 1.165) is 17.2 Å². The second kappa shape index (κ2) is 8.30. The Hall–Kier alpha value is -3.63. The van der Waals surface area contributed by atoms with E-state index in [0.29, 0.717) is 48.4 Å². The van der Waals surface area contributed by atoms with Crippen LogP contribution < -0.4 is 20.7 Å². The lowest BCUT2D eigenvalue weighted by atomic mass is 10.1. The van der Waals surface area contributed by atoms with Gasteiger partial charge in [-0.05, 0) is 31.5 Å². The van der Waals surface area contributed by atoms with Gasteiger partial charge in [-0.25, -0.2) is 9.97 Å². The topological polar surface area (TPSA) is 123 Å². The van der Waals surface area contributed by atoms with Gasteiger partial charge in [-0.3, -0.25) is 4.79 Å². The molecular weight excluding hydrogens is 460 g/mol. The fourth-order valence-corrected chi connectivity index (χ4v) is 4.39. The highest BCUT2D eigenvalue weighted by Gasteiger charge is 2.26. The molecule has 2 aliphatic heterocycles. The molecule has 3 N–H and O–H groups in total. The molecule has 11 heteroatoms. The van der Waals surface area contributed by atoms with Gasteiger partial charge in [0.1, 0.15) is 10.7 Å². The van der Waals surface area contributed by atoms with Crippen LogP contribution in [0.4, 0.5) is 11.6 Å². The van der Waals surface area contributed by atoms with Crippen LogP contribution in [-0.2, 0) is 4.74 Å². The first kappa shape index (κ1) is 20.9. The van der Waals surface area contributed by atoms with Crippen LogP contribution in [0.15, 0.2) is 34.7 Å². The van der Waals surface area contributed by atoms with E-state index in [1.54, 1.807) is 12.1 Å². The van der Waals surface area contributed by atoms with Crippen molar-refractivity contribution < 1.29 is 18.7 Å². The number of hydrogen-bond donors (Lipinski definition) is 3. The normalized spacial score (nSPS) is 20.0. The molecule has 4 aromatic rings. The Balaban J connectivity index is 1.33. The minimum atomic E-state index is -0.237. The van der Waals surface area contributed by atoms with E-state index in [4.69, 9.17) is 25.5 Å². The highest BCUT2D eigenvalue weighted by molar-refractivity contribution is 6.29. The lowest BCUT2D eigenvalue weighted by molar-refractivity contribution is 0.0920. The zero-order chi connectivity index (χ0) is 23.2. The van der Waals surface area contributed by atoms with Gasteiger partial charge >= 0.3 is 0 Å².